The van der Waals surface area contributed by atoms with Crippen molar-refractivity contribution in [1.29, 1.82) is 0 Å². The van der Waals surface area contributed by atoms with E-state index in [1.54, 1.807) is 0 Å². The number of nitrogens with zero attached hydrogens (tertiary/aromatic N) is 4. The van der Waals surface area contributed by atoms with Gasteiger partial charge in [-0.05, 0) is 244 Å². The minimum atomic E-state index is -0.175. The molecule has 4 heterocycles. The Morgan fingerprint density at radius 3 is 1.06 bits per heavy atom. The summed E-state index contributed by atoms with van der Waals surface area (Å²) in [6.07, 6.45) is 4.69. The monoisotopic (exact) mass is 1410 g/mol. The molecule has 16 aromatic rings. The van der Waals surface area contributed by atoms with Gasteiger partial charge in [-0.3, -0.25) is 0 Å². The van der Waals surface area contributed by atoms with E-state index >= 15 is 0 Å². The van der Waals surface area contributed by atoms with E-state index in [2.05, 4.69) is 398 Å². The molecule has 0 saturated heterocycles. The lowest BCUT2D eigenvalue weighted by molar-refractivity contribution is 0.332. The first-order chi connectivity index (χ1) is 52.6. The first-order valence-electron chi connectivity index (χ1n) is 39.5. The third-order valence-electron chi connectivity index (χ3n) is 25.8. The highest BCUT2D eigenvalue weighted by Crippen LogP contribution is 2.53. The van der Waals surface area contributed by atoms with Gasteiger partial charge in [-0.25, -0.2) is 0 Å². The van der Waals surface area contributed by atoms with E-state index in [-0.39, 0.29) is 33.8 Å². The second-order valence-corrected chi connectivity index (χ2v) is 35.4. The van der Waals surface area contributed by atoms with E-state index in [4.69, 9.17) is 0 Å². The van der Waals surface area contributed by atoms with Gasteiger partial charge in [-0.2, -0.15) is 0 Å². The van der Waals surface area contributed by atoms with E-state index in [0.717, 1.165) is 69.4 Å². The summed E-state index contributed by atoms with van der Waals surface area (Å²) in [4.78, 5) is 5.27. The number of anilines is 6. The van der Waals surface area contributed by atoms with Crippen molar-refractivity contribution in [2.24, 2.45) is 0 Å². The molecule has 4 aliphatic rings. The van der Waals surface area contributed by atoms with Crippen LogP contribution in [0.4, 0.5) is 34.1 Å². The molecule has 4 nitrogen and oxygen atoms in total. The molecule has 20 rings (SSSR count). The number of hydrogen-bond acceptors (Lipinski definition) is 2. The molecule has 5 heteroatoms. The van der Waals surface area contributed by atoms with Crippen molar-refractivity contribution in [3.8, 4) is 67.0 Å². The van der Waals surface area contributed by atoms with Gasteiger partial charge in [0.25, 0.3) is 6.71 Å². The fraction of sp³-hybridized carbons (Fsp3) is 0.192. The molecule has 14 aromatic carbocycles. The second kappa shape index (κ2) is 24.4. The molecular formula is C104H91BN4. The number of rotatable bonds is 9. The summed E-state index contributed by atoms with van der Waals surface area (Å²) < 4.78 is 5.07. The molecule has 530 valence electrons. The van der Waals surface area contributed by atoms with Gasteiger partial charge in [0.2, 0.25) is 0 Å². The number of aromatic nitrogens is 2. The van der Waals surface area contributed by atoms with Crippen molar-refractivity contribution in [1.82, 2.24) is 9.13 Å². The number of para-hydroxylation sites is 2. The van der Waals surface area contributed by atoms with Crippen molar-refractivity contribution in [2.45, 2.75) is 129 Å². The lowest BCUT2D eigenvalue weighted by Gasteiger charge is -2.44. The molecule has 0 amide bonds. The lowest BCUT2D eigenvalue weighted by atomic mass is 9.33. The maximum Gasteiger partial charge on any atom is 0.252 e. The summed E-state index contributed by atoms with van der Waals surface area (Å²) in [5.41, 5.74) is 37.1. The van der Waals surface area contributed by atoms with Crippen LogP contribution >= 0.6 is 0 Å². The zero-order chi connectivity index (χ0) is 74.2. The number of hydrogen-bond donors (Lipinski definition) is 0. The van der Waals surface area contributed by atoms with Crippen LogP contribution in [0, 0.1) is 0 Å². The van der Waals surface area contributed by atoms with Crippen LogP contribution in [-0.2, 0) is 27.1 Å². The normalized spacial score (nSPS) is 15.8. The van der Waals surface area contributed by atoms with E-state index in [9.17, 15) is 0 Å². The predicted molar refractivity (Wildman–Crippen MR) is 466 cm³/mol. The van der Waals surface area contributed by atoms with Gasteiger partial charge >= 0.3 is 0 Å². The summed E-state index contributed by atoms with van der Waals surface area (Å²) in [5.74, 6) is 0. The Bertz CT molecular complexity index is 6230. The van der Waals surface area contributed by atoms with Crippen LogP contribution in [0.2, 0.25) is 0 Å². The maximum absolute atomic E-state index is 2.64. The van der Waals surface area contributed by atoms with Crippen molar-refractivity contribution < 1.29 is 0 Å². The van der Waals surface area contributed by atoms with Crippen molar-refractivity contribution >= 4 is 101 Å². The molecule has 2 aliphatic heterocycles. The van der Waals surface area contributed by atoms with Crippen molar-refractivity contribution in [2.75, 3.05) is 9.80 Å². The highest BCUT2D eigenvalue weighted by molar-refractivity contribution is 7.00. The molecule has 0 saturated carbocycles. The fourth-order valence-electron chi connectivity index (χ4n) is 19.4. The molecule has 0 N–H and O–H groups in total. The van der Waals surface area contributed by atoms with Gasteiger partial charge in [0.05, 0.1) is 27.8 Å². The lowest BCUT2D eigenvalue weighted by Crippen LogP contribution is -2.61. The van der Waals surface area contributed by atoms with Crippen molar-refractivity contribution in [3.63, 3.8) is 0 Å². The Balaban J connectivity index is 0.874. The molecule has 109 heavy (non-hydrogen) atoms. The Morgan fingerprint density at radius 1 is 0.257 bits per heavy atom. The third-order valence-corrected chi connectivity index (χ3v) is 25.8. The minimum absolute atomic E-state index is 0.00925. The van der Waals surface area contributed by atoms with Gasteiger partial charge in [0.1, 0.15) is 0 Å². The number of benzene rings is 14. The van der Waals surface area contributed by atoms with Gasteiger partial charge in [0, 0.05) is 61.4 Å². The Morgan fingerprint density at radius 2 is 0.587 bits per heavy atom. The van der Waals surface area contributed by atoms with E-state index in [0.29, 0.717) is 0 Å². The molecule has 2 aliphatic carbocycles. The smallest absolute Gasteiger partial charge is 0.252 e. The van der Waals surface area contributed by atoms with Crippen LogP contribution in [0.5, 0.6) is 0 Å². The minimum Gasteiger partial charge on any atom is -0.311 e. The first kappa shape index (κ1) is 66.8. The zero-order valence-corrected chi connectivity index (χ0v) is 64.6. The summed E-state index contributed by atoms with van der Waals surface area (Å²) in [5, 5.41) is 4.89. The molecule has 0 radical (unpaired) electrons. The van der Waals surface area contributed by atoms with Crippen LogP contribution in [0.15, 0.2) is 303 Å². The summed E-state index contributed by atoms with van der Waals surface area (Å²) in [6, 6.07) is 117. The topological polar surface area (TPSA) is 16.3 Å². The van der Waals surface area contributed by atoms with Crippen LogP contribution in [-0.4, -0.2) is 15.8 Å². The van der Waals surface area contributed by atoms with Gasteiger partial charge in [-0.15, -0.1) is 0 Å². The summed E-state index contributed by atoms with van der Waals surface area (Å²) in [6.45, 7) is 26.2. The van der Waals surface area contributed by atoms with Gasteiger partial charge in [-0.1, -0.05) is 288 Å². The average molecular weight is 1410 g/mol. The predicted octanol–water partition coefficient (Wildman–Crippen LogP) is 26.3. The fourth-order valence-corrected chi connectivity index (χ4v) is 19.4. The first-order valence-corrected chi connectivity index (χ1v) is 39.5. The molecule has 0 atom stereocenters. The summed E-state index contributed by atoms with van der Waals surface area (Å²) in [7, 11) is 0. The van der Waals surface area contributed by atoms with Crippen LogP contribution in [0.1, 0.15) is 130 Å². The summed E-state index contributed by atoms with van der Waals surface area (Å²) >= 11 is 0. The Hall–Kier alpha value is -11.7. The van der Waals surface area contributed by atoms with Gasteiger partial charge in [0.15, 0.2) is 0 Å². The third kappa shape index (κ3) is 10.8. The molecule has 0 spiro atoms. The highest BCUT2D eigenvalue weighted by Gasteiger charge is 2.45. The highest BCUT2D eigenvalue weighted by atomic mass is 15.2. The molecule has 0 fully saturated rings. The van der Waals surface area contributed by atoms with E-state index < -0.39 is 0 Å². The Labute approximate surface area is 642 Å². The largest absolute Gasteiger partial charge is 0.311 e. The van der Waals surface area contributed by atoms with Gasteiger partial charge < -0.3 is 18.9 Å². The molecule has 0 bridgehead atoms. The van der Waals surface area contributed by atoms with E-state index in [1.165, 1.54) is 145 Å². The standard InChI is InChI=1S/C104H91BN4/c1-100(2,3)76-41-30-68(31-42-76)75-38-50-89-95(62-75)106(77-43-32-69(33-44-77)73-36-48-85-87(60-73)103(8,9)56-54-101(85,4)5)97-64-80(109-93-52-39-71(66-22-14-12-15-23-66)58-83(93)84-59-72(40-53-94(84)109)67-24-16-13-17-25-67)65-98-99(97)105(89)90-51-47-79(108-91-28-20-18-26-81(91)82-27-19-21-29-92(82)108)63-96(90)107(98)78-45-34-70(35-46-78)74-37-49-86-88(61-74)104(10,11)57-55-102(86,6)7/h12-53,58-65H,54-57H2,1-11H3. The molecule has 2 aromatic heterocycles. The quantitative estimate of drug-likeness (QED) is 0.134. The van der Waals surface area contributed by atoms with Crippen LogP contribution in [0.3, 0.4) is 0 Å². The maximum atomic E-state index is 2.64. The van der Waals surface area contributed by atoms with E-state index in [1.807, 2.05) is 0 Å². The van der Waals surface area contributed by atoms with Crippen LogP contribution < -0.4 is 26.2 Å². The average Bonchev–Trinajstić information content (AvgIpc) is 1.52. The molecule has 0 unspecified atom stereocenters. The SMILES string of the molecule is CC(C)(C)c1ccc(-c2ccc3c(c2)N(c2ccc(-c4ccc5c(c4)C(C)(C)CCC5(C)C)cc2)c2cc(-n4c5ccc(-c6ccccc6)cc5c5cc(-c6ccccc6)ccc54)cc4c2B3c2ccc(-n3c5ccccc5c5ccccc53)cc2N4c2ccc(-c3ccc4c(c3)C(C)(C)CCC4(C)C)cc2)cc1. The number of fused-ring (bicyclic) bond motifs is 12. The second-order valence-electron chi connectivity index (χ2n) is 35.4. The van der Waals surface area contributed by atoms with Crippen LogP contribution in [0.25, 0.3) is 111 Å². The zero-order valence-electron chi connectivity index (χ0n) is 64.6. The molecular weight excluding hydrogens is 1320 g/mol. The Kier molecular flexibility index (Phi) is 15.0. The van der Waals surface area contributed by atoms with Crippen molar-refractivity contribution in [3.05, 3.63) is 331 Å².